The molecule has 1 aliphatic heterocycles. The maximum absolute atomic E-state index is 13.5. The van der Waals surface area contributed by atoms with E-state index >= 15 is 0 Å². The molecule has 1 aromatic carbocycles. The number of hydrogen-bond donors (Lipinski definition) is 2. The van der Waals surface area contributed by atoms with Crippen LogP contribution in [0.4, 0.5) is 4.39 Å². The van der Waals surface area contributed by atoms with Gasteiger partial charge in [-0.3, -0.25) is 19.8 Å². The average Bonchev–Trinajstić information content (AvgIpc) is 3.19. The number of piperidine rings is 1. The molecule has 2 N–H and O–H groups in total. The lowest BCUT2D eigenvalue weighted by Crippen LogP contribution is -2.47. The third-order valence-corrected chi connectivity index (χ3v) is 4.95. The van der Waals surface area contributed by atoms with Gasteiger partial charge in [0.2, 0.25) is 0 Å². The Hall–Kier alpha value is -3.06. The Morgan fingerprint density at radius 1 is 1.29 bits per heavy atom. The summed E-state index contributed by atoms with van der Waals surface area (Å²) in [6.07, 6.45) is 5.23. The number of likely N-dealkylation sites (tertiary alicyclic amines) is 1. The molecule has 3 aromatic rings. The topological polar surface area (TPSA) is 73.9 Å². The van der Waals surface area contributed by atoms with Gasteiger partial charge in [-0.1, -0.05) is 18.2 Å². The van der Waals surface area contributed by atoms with Crippen molar-refractivity contribution in [3.05, 3.63) is 71.9 Å². The first kappa shape index (κ1) is 18.3. The highest BCUT2D eigenvalue weighted by Gasteiger charge is 2.24. The van der Waals surface area contributed by atoms with Gasteiger partial charge in [-0.2, -0.15) is 5.10 Å². The SMILES string of the molecule is O=C(NC1CCCN(Cc2ccccn2)C1)c1cn[nH]c1-c1cccc(F)c1. The first-order chi connectivity index (χ1) is 13.7. The van der Waals surface area contributed by atoms with Crippen molar-refractivity contribution in [1.82, 2.24) is 25.4 Å². The summed E-state index contributed by atoms with van der Waals surface area (Å²) in [5.74, 6) is -0.548. The third kappa shape index (κ3) is 4.26. The quantitative estimate of drug-likeness (QED) is 0.715. The van der Waals surface area contributed by atoms with Gasteiger partial charge in [0, 0.05) is 30.9 Å². The van der Waals surface area contributed by atoms with Gasteiger partial charge in [0.25, 0.3) is 5.91 Å². The molecular formula is C21H22FN5O. The van der Waals surface area contributed by atoms with E-state index in [2.05, 4.69) is 25.4 Å². The number of aromatic nitrogens is 3. The van der Waals surface area contributed by atoms with Gasteiger partial charge in [-0.25, -0.2) is 4.39 Å². The number of H-pyrrole nitrogens is 1. The second-order valence-electron chi connectivity index (χ2n) is 7.04. The van der Waals surface area contributed by atoms with Crippen LogP contribution in [0.1, 0.15) is 28.9 Å². The second-order valence-corrected chi connectivity index (χ2v) is 7.04. The number of carbonyl (C=O) groups excluding carboxylic acids is 1. The number of benzene rings is 1. The molecule has 1 amide bonds. The zero-order valence-corrected chi connectivity index (χ0v) is 15.4. The maximum atomic E-state index is 13.5. The molecule has 7 heteroatoms. The Kier molecular flexibility index (Phi) is 5.43. The van der Waals surface area contributed by atoms with E-state index in [1.807, 2.05) is 18.2 Å². The molecular weight excluding hydrogens is 357 g/mol. The lowest BCUT2D eigenvalue weighted by atomic mass is 10.0. The summed E-state index contributed by atoms with van der Waals surface area (Å²) in [7, 11) is 0. The fraction of sp³-hybridized carbons (Fsp3) is 0.286. The number of aromatic amines is 1. The van der Waals surface area contributed by atoms with E-state index in [9.17, 15) is 9.18 Å². The summed E-state index contributed by atoms with van der Waals surface area (Å²) in [6.45, 7) is 2.53. The number of pyridine rings is 1. The lowest BCUT2D eigenvalue weighted by Gasteiger charge is -2.32. The van der Waals surface area contributed by atoms with Gasteiger partial charge in [0.1, 0.15) is 5.82 Å². The van der Waals surface area contributed by atoms with Crippen molar-refractivity contribution >= 4 is 5.91 Å². The maximum Gasteiger partial charge on any atom is 0.255 e. The number of carbonyl (C=O) groups is 1. The highest BCUT2D eigenvalue weighted by molar-refractivity contribution is 5.99. The molecule has 1 aliphatic rings. The molecule has 28 heavy (non-hydrogen) atoms. The van der Waals surface area contributed by atoms with E-state index in [0.717, 1.165) is 38.2 Å². The molecule has 1 saturated heterocycles. The molecule has 6 nitrogen and oxygen atoms in total. The zero-order chi connectivity index (χ0) is 19.3. The summed E-state index contributed by atoms with van der Waals surface area (Å²) < 4.78 is 13.5. The smallest absolute Gasteiger partial charge is 0.255 e. The molecule has 0 saturated carbocycles. The largest absolute Gasteiger partial charge is 0.348 e. The number of nitrogens with one attached hydrogen (secondary N) is 2. The van der Waals surface area contributed by atoms with E-state index in [-0.39, 0.29) is 17.8 Å². The third-order valence-electron chi connectivity index (χ3n) is 4.95. The minimum absolute atomic E-state index is 0.0558. The Morgan fingerprint density at radius 2 is 2.21 bits per heavy atom. The number of rotatable bonds is 5. The number of amides is 1. The predicted octanol–water partition coefficient (Wildman–Crippen LogP) is 3.01. The van der Waals surface area contributed by atoms with Crippen molar-refractivity contribution in [3.63, 3.8) is 0 Å². The molecule has 0 bridgehead atoms. The highest BCUT2D eigenvalue weighted by atomic mass is 19.1. The number of nitrogens with zero attached hydrogens (tertiary/aromatic N) is 3. The Balaban J connectivity index is 1.42. The average molecular weight is 379 g/mol. The summed E-state index contributed by atoms with van der Waals surface area (Å²) in [5, 5.41) is 9.91. The van der Waals surface area contributed by atoms with Crippen molar-refractivity contribution in [2.75, 3.05) is 13.1 Å². The number of hydrogen-bond acceptors (Lipinski definition) is 4. The fourth-order valence-electron chi connectivity index (χ4n) is 3.62. The zero-order valence-electron chi connectivity index (χ0n) is 15.4. The summed E-state index contributed by atoms with van der Waals surface area (Å²) in [5.41, 5.74) is 2.58. The summed E-state index contributed by atoms with van der Waals surface area (Å²) in [4.78, 5) is 19.5. The van der Waals surface area contributed by atoms with Crippen LogP contribution in [-0.2, 0) is 6.54 Å². The van der Waals surface area contributed by atoms with Crippen LogP contribution >= 0.6 is 0 Å². The van der Waals surface area contributed by atoms with Gasteiger partial charge < -0.3 is 5.32 Å². The van der Waals surface area contributed by atoms with Gasteiger partial charge >= 0.3 is 0 Å². The van der Waals surface area contributed by atoms with Crippen LogP contribution in [0.5, 0.6) is 0 Å². The molecule has 1 atom stereocenters. The van der Waals surface area contributed by atoms with Crippen molar-refractivity contribution in [1.29, 1.82) is 0 Å². The molecule has 1 fully saturated rings. The van der Waals surface area contributed by atoms with Crippen LogP contribution in [-0.4, -0.2) is 45.1 Å². The lowest BCUT2D eigenvalue weighted by molar-refractivity contribution is 0.0901. The normalized spacial score (nSPS) is 17.4. The summed E-state index contributed by atoms with van der Waals surface area (Å²) in [6, 6.07) is 12.1. The molecule has 3 heterocycles. The predicted molar refractivity (Wildman–Crippen MR) is 104 cm³/mol. The minimum atomic E-state index is -0.351. The summed E-state index contributed by atoms with van der Waals surface area (Å²) >= 11 is 0. The van der Waals surface area contributed by atoms with E-state index < -0.39 is 0 Å². The molecule has 0 aliphatic carbocycles. The van der Waals surface area contributed by atoms with Crippen LogP contribution < -0.4 is 5.32 Å². The molecule has 4 rings (SSSR count). The first-order valence-electron chi connectivity index (χ1n) is 9.41. The van der Waals surface area contributed by atoms with Crippen LogP contribution in [0.15, 0.2) is 54.9 Å². The first-order valence-corrected chi connectivity index (χ1v) is 9.41. The van der Waals surface area contributed by atoms with E-state index in [1.165, 1.54) is 18.3 Å². The highest BCUT2D eigenvalue weighted by Crippen LogP contribution is 2.22. The van der Waals surface area contributed by atoms with Gasteiger partial charge in [-0.05, 0) is 43.7 Å². The Labute approximate surface area is 162 Å². The van der Waals surface area contributed by atoms with Crippen molar-refractivity contribution in [2.45, 2.75) is 25.4 Å². The van der Waals surface area contributed by atoms with Crippen molar-refractivity contribution in [3.8, 4) is 11.3 Å². The van der Waals surface area contributed by atoms with E-state index in [0.29, 0.717) is 16.8 Å². The molecule has 2 aromatic heterocycles. The number of halogens is 1. The molecule has 1 unspecified atom stereocenters. The van der Waals surface area contributed by atoms with Gasteiger partial charge in [0.15, 0.2) is 0 Å². The Bertz CT molecular complexity index is 943. The van der Waals surface area contributed by atoms with Crippen molar-refractivity contribution in [2.24, 2.45) is 0 Å². The molecule has 0 spiro atoms. The van der Waals surface area contributed by atoms with Crippen LogP contribution in [0.2, 0.25) is 0 Å². The van der Waals surface area contributed by atoms with E-state index in [4.69, 9.17) is 0 Å². The van der Waals surface area contributed by atoms with Crippen LogP contribution in [0, 0.1) is 5.82 Å². The van der Waals surface area contributed by atoms with Gasteiger partial charge in [-0.15, -0.1) is 0 Å². The molecule has 144 valence electrons. The van der Waals surface area contributed by atoms with Crippen LogP contribution in [0.3, 0.4) is 0 Å². The van der Waals surface area contributed by atoms with E-state index in [1.54, 1.807) is 18.3 Å². The van der Waals surface area contributed by atoms with Crippen LogP contribution in [0.25, 0.3) is 11.3 Å². The monoisotopic (exact) mass is 379 g/mol. The molecule has 0 radical (unpaired) electrons. The minimum Gasteiger partial charge on any atom is -0.348 e. The van der Waals surface area contributed by atoms with Gasteiger partial charge in [0.05, 0.1) is 23.1 Å². The second kappa shape index (κ2) is 8.31. The fourth-order valence-corrected chi connectivity index (χ4v) is 3.62. The van der Waals surface area contributed by atoms with Crippen molar-refractivity contribution < 1.29 is 9.18 Å². The standard InChI is InChI=1S/C21H22FN5O/c22-16-6-3-5-15(11-16)20-19(12-24-26-20)21(28)25-18-8-4-10-27(14-18)13-17-7-1-2-9-23-17/h1-3,5-7,9,11-12,18H,4,8,10,13-14H2,(H,24,26)(H,25,28). The Morgan fingerprint density at radius 3 is 3.04 bits per heavy atom.